The van der Waals surface area contributed by atoms with Crippen LogP contribution in [0.2, 0.25) is 0 Å². The van der Waals surface area contributed by atoms with Crippen molar-refractivity contribution < 1.29 is 0 Å². The summed E-state index contributed by atoms with van der Waals surface area (Å²) in [5.41, 5.74) is 7.13. The lowest BCUT2D eigenvalue weighted by atomic mass is 9.81. The van der Waals surface area contributed by atoms with Crippen LogP contribution in [0.4, 0.5) is 5.82 Å². The molecule has 0 radical (unpaired) electrons. The zero-order valence-corrected chi connectivity index (χ0v) is 13.2. The van der Waals surface area contributed by atoms with Crippen LogP contribution in [-0.4, -0.2) is 9.78 Å². The van der Waals surface area contributed by atoms with E-state index in [-0.39, 0.29) is 0 Å². The molecule has 1 aliphatic rings. The number of aromatic nitrogens is 2. The predicted octanol–water partition coefficient (Wildman–Crippen LogP) is 4.31. The Labute approximate surface area is 118 Å². The van der Waals surface area contributed by atoms with E-state index in [9.17, 15) is 0 Å². The van der Waals surface area contributed by atoms with Crippen LogP contribution >= 0.6 is 15.9 Å². The van der Waals surface area contributed by atoms with E-state index in [1.54, 1.807) is 0 Å². The average Bonchev–Trinajstić information content (AvgIpc) is 2.56. The lowest BCUT2D eigenvalue weighted by molar-refractivity contribution is 0.228. The topological polar surface area (TPSA) is 43.8 Å². The van der Waals surface area contributed by atoms with E-state index in [1.165, 1.54) is 32.1 Å². The fraction of sp³-hybridized carbons (Fsp3) is 0.786. The highest BCUT2D eigenvalue weighted by Gasteiger charge is 2.26. The molecule has 2 unspecified atom stereocenters. The molecule has 102 valence electrons. The molecule has 4 heteroatoms. The van der Waals surface area contributed by atoms with Crippen molar-refractivity contribution in [2.45, 2.75) is 58.9 Å². The number of aryl methyl sites for hydroxylation is 1. The standard InChI is InChI=1S/C14H24BrN3/c1-9(2)7-11-5-4-6-12(8-11)18-14(16)13(15)10(3)17-18/h9,11-12H,4-8,16H2,1-3H3. The fourth-order valence-corrected chi connectivity index (χ4v) is 3.45. The van der Waals surface area contributed by atoms with E-state index >= 15 is 0 Å². The maximum Gasteiger partial charge on any atom is 0.136 e. The molecule has 0 aromatic carbocycles. The van der Waals surface area contributed by atoms with Crippen LogP contribution in [-0.2, 0) is 0 Å². The Morgan fingerprint density at radius 1 is 1.44 bits per heavy atom. The Hall–Kier alpha value is -0.510. The quantitative estimate of drug-likeness (QED) is 0.903. The van der Waals surface area contributed by atoms with Gasteiger partial charge in [-0.05, 0) is 54.0 Å². The summed E-state index contributed by atoms with van der Waals surface area (Å²) in [6.45, 7) is 6.63. The van der Waals surface area contributed by atoms with E-state index < -0.39 is 0 Å². The lowest BCUT2D eigenvalue weighted by Crippen LogP contribution is -2.22. The largest absolute Gasteiger partial charge is 0.383 e. The van der Waals surface area contributed by atoms with Gasteiger partial charge in [-0.1, -0.05) is 26.7 Å². The van der Waals surface area contributed by atoms with E-state index in [1.807, 2.05) is 11.6 Å². The van der Waals surface area contributed by atoms with Crippen LogP contribution in [0.5, 0.6) is 0 Å². The second-order valence-electron chi connectivity index (χ2n) is 6.05. The number of hydrogen-bond acceptors (Lipinski definition) is 2. The Morgan fingerprint density at radius 3 is 2.72 bits per heavy atom. The van der Waals surface area contributed by atoms with Gasteiger partial charge in [0.2, 0.25) is 0 Å². The first-order chi connectivity index (χ1) is 8.49. The predicted molar refractivity (Wildman–Crippen MR) is 79.5 cm³/mol. The molecule has 18 heavy (non-hydrogen) atoms. The van der Waals surface area contributed by atoms with Crippen molar-refractivity contribution in [1.29, 1.82) is 0 Å². The molecule has 1 aliphatic carbocycles. The normalized spacial score (nSPS) is 24.7. The van der Waals surface area contributed by atoms with E-state index in [0.29, 0.717) is 6.04 Å². The number of halogens is 1. The molecule has 1 heterocycles. The van der Waals surface area contributed by atoms with Gasteiger partial charge >= 0.3 is 0 Å². The van der Waals surface area contributed by atoms with Crippen LogP contribution in [0.25, 0.3) is 0 Å². The summed E-state index contributed by atoms with van der Waals surface area (Å²) < 4.78 is 3.01. The van der Waals surface area contributed by atoms with Gasteiger partial charge in [-0.25, -0.2) is 4.68 Å². The Kier molecular flexibility index (Phi) is 4.36. The zero-order valence-electron chi connectivity index (χ0n) is 11.6. The summed E-state index contributed by atoms with van der Waals surface area (Å²) in [7, 11) is 0. The minimum Gasteiger partial charge on any atom is -0.383 e. The van der Waals surface area contributed by atoms with Gasteiger partial charge in [0, 0.05) is 0 Å². The zero-order chi connectivity index (χ0) is 13.3. The van der Waals surface area contributed by atoms with Gasteiger partial charge in [-0.3, -0.25) is 0 Å². The number of rotatable bonds is 3. The van der Waals surface area contributed by atoms with Crippen LogP contribution in [0, 0.1) is 18.8 Å². The summed E-state index contributed by atoms with van der Waals surface area (Å²) in [4.78, 5) is 0. The number of hydrogen-bond donors (Lipinski definition) is 1. The van der Waals surface area contributed by atoms with Crippen LogP contribution in [0.15, 0.2) is 4.47 Å². The summed E-state index contributed by atoms with van der Waals surface area (Å²) in [5.74, 6) is 2.42. The van der Waals surface area contributed by atoms with Crippen molar-refractivity contribution in [3.8, 4) is 0 Å². The number of nitrogens with zero attached hydrogens (tertiary/aromatic N) is 2. The minimum atomic E-state index is 0.493. The second kappa shape index (κ2) is 5.64. The monoisotopic (exact) mass is 313 g/mol. The highest BCUT2D eigenvalue weighted by atomic mass is 79.9. The average molecular weight is 314 g/mol. The molecule has 0 bridgehead atoms. The van der Waals surface area contributed by atoms with Gasteiger partial charge in [0.05, 0.1) is 16.2 Å². The third-order valence-electron chi connectivity index (χ3n) is 3.95. The van der Waals surface area contributed by atoms with Gasteiger partial charge in [0.25, 0.3) is 0 Å². The van der Waals surface area contributed by atoms with Gasteiger partial charge in [0.1, 0.15) is 5.82 Å². The van der Waals surface area contributed by atoms with Crippen molar-refractivity contribution in [1.82, 2.24) is 9.78 Å². The van der Waals surface area contributed by atoms with Gasteiger partial charge in [0.15, 0.2) is 0 Å². The molecular formula is C14H24BrN3. The second-order valence-corrected chi connectivity index (χ2v) is 6.84. The van der Waals surface area contributed by atoms with Crippen molar-refractivity contribution in [3.63, 3.8) is 0 Å². The van der Waals surface area contributed by atoms with Gasteiger partial charge < -0.3 is 5.73 Å². The molecule has 0 aliphatic heterocycles. The summed E-state index contributed by atoms with van der Waals surface area (Å²) in [6.07, 6.45) is 6.45. The maximum atomic E-state index is 6.13. The van der Waals surface area contributed by atoms with Crippen LogP contribution in [0.3, 0.4) is 0 Å². The summed E-state index contributed by atoms with van der Waals surface area (Å²) in [5, 5.41) is 4.59. The fourth-order valence-electron chi connectivity index (χ4n) is 3.19. The van der Waals surface area contributed by atoms with Crippen LogP contribution < -0.4 is 5.73 Å². The maximum absolute atomic E-state index is 6.13. The summed E-state index contributed by atoms with van der Waals surface area (Å²) >= 11 is 3.51. The molecule has 0 saturated heterocycles. The lowest BCUT2D eigenvalue weighted by Gasteiger charge is -2.30. The molecule has 1 aromatic rings. The molecular weight excluding hydrogens is 290 g/mol. The van der Waals surface area contributed by atoms with Crippen molar-refractivity contribution in [2.75, 3.05) is 5.73 Å². The SMILES string of the molecule is Cc1nn(C2CCCC(CC(C)C)C2)c(N)c1Br. The molecule has 1 fully saturated rings. The van der Waals surface area contributed by atoms with Crippen molar-refractivity contribution in [3.05, 3.63) is 10.2 Å². The first kappa shape index (κ1) is 13.9. The van der Waals surface area contributed by atoms with E-state index in [2.05, 4.69) is 34.9 Å². The van der Waals surface area contributed by atoms with Gasteiger partial charge in [-0.15, -0.1) is 0 Å². The molecule has 1 saturated carbocycles. The molecule has 3 nitrogen and oxygen atoms in total. The first-order valence-electron chi connectivity index (χ1n) is 6.99. The van der Waals surface area contributed by atoms with E-state index in [4.69, 9.17) is 5.73 Å². The Balaban J connectivity index is 2.10. The number of anilines is 1. The minimum absolute atomic E-state index is 0.493. The molecule has 1 aromatic heterocycles. The van der Waals surface area contributed by atoms with E-state index in [0.717, 1.165) is 27.8 Å². The first-order valence-corrected chi connectivity index (χ1v) is 7.78. The Morgan fingerprint density at radius 2 is 2.17 bits per heavy atom. The molecule has 2 rings (SSSR count). The van der Waals surface area contributed by atoms with Gasteiger partial charge in [-0.2, -0.15) is 5.10 Å². The summed E-state index contributed by atoms with van der Waals surface area (Å²) in [6, 6.07) is 0.493. The highest BCUT2D eigenvalue weighted by Crippen LogP contribution is 2.38. The third kappa shape index (κ3) is 2.90. The highest BCUT2D eigenvalue weighted by molar-refractivity contribution is 9.10. The molecule has 0 spiro atoms. The molecule has 2 N–H and O–H groups in total. The Bertz CT molecular complexity index is 411. The smallest absolute Gasteiger partial charge is 0.136 e. The van der Waals surface area contributed by atoms with Crippen molar-refractivity contribution in [2.24, 2.45) is 11.8 Å². The third-order valence-corrected chi connectivity index (χ3v) is 4.93. The molecule has 2 atom stereocenters. The number of nitrogens with two attached hydrogens (primary N) is 1. The number of nitrogen functional groups attached to an aromatic ring is 1. The van der Waals surface area contributed by atoms with Crippen LogP contribution in [0.1, 0.15) is 57.7 Å². The van der Waals surface area contributed by atoms with Crippen molar-refractivity contribution >= 4 is 21.7 Å². The molecule has 0 amide bonds.